The molecule has 1 heterocycles. The molecule has 0 spiro atoms. The predicted molar refractivity (Wildman–Crippen MR) is 85.1 cm³/mol. The second-order valence-corrected chi connectivity index (χ2v) is 6.24. The number of benzene rings is 1. The number of hydrogen-bond acceptors (Lipinski definition) is 4. The van der Waals surface area contributed by atoms with Gasteiger partial charge in [0.15, 0.2) is 0 Å². The number of nitrogens with zero attached hydrogens (tertiary/aromatic N) is 1. The fourth-order valence-corrected chi connectivity index (χ4v) is 3.57. The highest BCUT2D eigenvalue weighted by atomic mass is 16.5. The summed E-state index contributed by atoms with van der Waals surface area (Å²) in [5.74, 6) is 5.80. The Morgan fingerprint density at radius 1 is 1.38 bits per heavy atom. The maximum atomic E-state index is 5.94. The van der Waals surface area contributed by atoms with E-state index < -0.39 is 0 Å². The highest BCUT2D eigenvalue weighted by Gasteiger charge is 2.27. The fourth-order valence-electron chi connectivity index (χ4n) is 3.57. The first kappa shape index (κ1) is 15.0. The Morgan fingerprint density at radius 3 is 3.05 bits per heavy atom. The van der Waals surface area contributed by atoms with Crippen molar-refractivity contribution in [3.8, 4) is 0 Å². The molecule has 116 valence electrons. The van der Waals surface area contributed by atoms with E-state index in [-0.39, 0.29) is 12.1 Å². The molecule has 3 rings (SSSR count). The standard InChI is InChI=1S/C17H27N3O/c1-2-20-8-9-21-17(12-20)16(19-18)11-13-6-7-14-4-3-5-15(14)10-13/h6-7,10,16-17,19H,2-5,8-9,11-12,18H2,1H3. The van der Waals surface area contributed by atoms with E-state index >= 15 is 0 Å². The molecule has 1 aromatic rings. The molecule has 1 aliphatic carbocycles. The lowest BCUT2D eigenvalue weighted by Gasteiger charge is -2.36. The molecule has 0 saturated carbocycles. The molecule has 0 bridgehead atoms. The molecule has 2 unspecified atom stereocenters. The van der Waals surface area contributed by atoms with E-state index in [1.54, 1.807) is 0 Å². The van der Waals surface area contributed by atoms with Crippen LogP contribution >= 0.6 is 0 Å². The number of fused-ring (bicyclic) bond motifs is 1. The Bertz CT molecular complexity index is 477. The van der Waals surface area contributed by atoms with Crippen molar-refractivity contribution in [2.45, 2.75) is 44.8 Å². The zero-order valence-electron chi connectivity index (χ0n) is 13.0. The van der Waals surface area contributed by atoms with Crippen LogP contribution in [0.15, 0.2) is 18.2 Å². The zero-order valence-corrected chi connectivity index (χ0v) is 13.0. The quantitative estimate of drug-likeness (QED) is 0.633. The van der Waals surface area contributed by atoms with Crippen molar-refractivity contribution in [2.75, 3.05) is 26.2 Å². The van der Waals surface area contributed by atoms with Gasteiger partial charge >= 0.3 is 0 Å². The van der Waals surface area contributed by atoms with Crippen molar-refractivity contribution in [3.05, 3.63) is 34.9 Å². The van der Waals surface area contributed by atoms with Crippen LogP contribution in [0.5, 0.6) is 0 Å². The normalized spacial score (nSPS) is 24.0. The molecule has 1 aliphatic heterocycles. The van der Waals surface area contributed by atoms with Gasteiger partial charge in [-0.1, -0.05) is 25.1 Å². The third kappa shape index (κ3) is 3.46. The number of likely N-dealkylation sites (N-methyl/N-ethyl adjacent to an activating group) is 1. The van der Waals surface area contributed by atoms with Gasteiger partial charge in [0.2, 0.25) is 0 Å². The van der Waals surface area contributed by atoms with Crippen molar-refractivity contribution in [2.24, 2.45) is 5.84 Å². The van der Waals surface area contributed by atoms with Crippen LogP contribution in [0.1, 0.15) is 30.0 Å². The summed E-state index contributed by atoms with van der Waals surface area (Å²) in [6.07, 6.45) is 4.89. The number of hydrogen-bond donors (Lipinski definition) is 2. The Morgan fingerprint density at radius 2 is 2.24 bits per heavy atom. The van der Waals surface area contributed by atoms with E-state index in [1.165, 1.54) is 36.0 Å². The summed E-state index contributed by atoms with van der Waals surface area (Å²) in [6.45, 7) is 6.09. The molecule has 3 N–H and O–H groups in total. The molecule has 4 heteroatoms. The molecular formula is C17H27N3O. The number of aryl methyl sites for hydroxylation is 2. The molecule has 2 atom stereocenters. The van der Waals surface area contributed by atoms with Gasteiger partial charge in [-0.2, -0.15) is 0 Å². The number of ether oxygens (including phenoxy) is 1. The Hall–Kier alpha value is -0.940. The predicted octanol–water partition coefficient (Wildman–Crippen LogP) is 1.27. The minimum Gasteiger partial charge on any atom is -0.374 e. The highest BCUT2D eigenvalue weighted by molar-refractivity contribution is 5.35. The van der Waals surface area contributed by atoms with Gasteiger partial charge in [-0.15, -0.1) is 0 Å². The van der Waals surface area contributed by atoms with E-state index in [0.29, 0.717) is 0 Å². The van der Waals surface area contributed by atoms with Gasteiger partial charge in [-0.05, 0) is 48.9 Å². The molecule has 21 heavy (non-hydrogen) atoms. The molecular weight excluding hydrogens is 262 g/mol. The minimum atomic E-state index is 0.178. The fraction of sp³-hybridized carbons (Fsp3) is 0.647. The molecule has 4 nitrogen and oxygen atoms in total. The molecule has 0 amide bonds. The molecule has 1 aromatic carbocycles. The number of morpholine rings is 1. The molecule has 0 aromatic heterocycles. The van der Waals surface area contributed by atoms with E-state index in [2.05, 4.69) is 35.4 Å². The summed E-state index contributed by atoms with van der Waals surface area (Å²) < 4.78 is 5.94. The van der Waals surface area contributed by atoms with E-state index in [1.807, 2.05) is 0 Å². The van der Waals surface area contributed by atoms with Crippen molar-refractivity contribution in [1.82, 2.24) is 10.3 Å². The first-order valence-electron chi connectivity index (χ1n) is 8.21. The molecule has 1 fully saturated rings. The van der Waals surface area contributed by atoms with Crippen molar-refractivity contribution < 1.29 is 4.74 Å². The lowest BCUT2D eigenvalue weighted by molar-refractivity contribution is -0.0447. The second kappa shape index (κ2) is 6.88. The number of rotatable bonds is 5. The topological polar surface area (TPSA) is 50.5 Å². The van der Waals surface area contributed by atoms with Crippen molar-refractivity contribution in [1.29, 1.82) is 0 Å². The average molecular weight is 289 g/mol. The van der Waals surface area contributed by atoms with Crippen LogP contribution in [0, 0.1) is 0 Å². The average Bonchev–Trinajstić information content (AvgIpc) is 3.00. The van der Waals surface area contributed by atoms with Gasteiger partial charge in [0, 0.05) is 13.1 Å². The number of nitrogens with one attached hydrogen (secondary N) is 1. The van der Waals surface area contributed by atoms with Crippen LogP contribution in [0.2, 0.25) is 0 Å². The summed E-state index contributed by atoms with van der Waals surface area (Å²) in [7, 11) is 0. The third-order valence-corrected chi connectivity index (χ3v) is 4.91. The van der Waals surface area contributed by atoms with Crippen LogP contribution in [0.25, 0.3) is 0 Å². The second-order valence-electron chi connectivity index (χ2n) is 6.24. The monoisotopic (exact) mass is 289 g/mol. The van der Waals surface area contributed by atoms with Crippen LogP contribution in [-0.2, 0) is 24.0 Å². The summed E-state index contributed by atoms with van der Waals surface area (Å²) in [4.78, 5) is 2.43. The summed E-state index contributed by atoms with van der Waals surface area (Å²) in [5, 5.41) is 0. The lowest BCUT2D eigenvalue weighted by atomic mass is 9.97. The molecule has 1 saturated heterocycles. The largest absolute Gasteiger partial charge is 0.374 e. The number of hydrazine groups is 1. The zero-order chi connectivity index (χ0) is 14.7. The molecule has 0 radical (unpaired) electrons. The van der Waals surface area contributed by atoms with Crippen LogP contribution in [0.4, 0.5) is 0 Å². The Kier molecular flexibility index (Phi) is 4.91. The van der Waals surface area contributed by atoms with Crippen LogP contribution < -0.4 is 11.3 Å². The van der Waals surface area contributed by atoms with Crippen LogP contribution in [-0.4, -0.2) is 43.3 Å². The summed E-state index contributed by atoms with van der Waals surface area (Å²) >= 11 is 0. The van der Waals surface area contributed by atoms with Crippen molar-refractivity contribution in [3.63, 3.8) is 0 Å². The summed E-state index contributed by atoms with van der Waals surface area (Å²) in [5.41, 5.74) is 7.41. The third-order valence-electron chi connectivity index (χ3n) is 4.91. The Labute approximate surface area is 127 Å². The maximum Gasteiger partial charge on any atom is 0.0871 e. The number of nitrogens with two attached hydrogens (primary N) is 1. The van der Waals surface area contributed by atoms with E-state index in [4.69, 9.17) is 10.6 Å². The van der Waals surface area contributed by atoms with Gasteiger partial charge in [-0.3, -0.25) is 16.2 Å². The minimum absolute atomic E-state index is 0.178. The SMILES string of the molecule is CCN1CCOC(C(Cc2ccc3c(c2)CCC3)NN)C1. The van der Waals surface area contributed by atoms with E-state index in [9.17, 15) is 0 Å². The van der Waals surface area contributed by atoms with Gasteiger partial charge in [-0.25, -0.2) is 0 Å². The first-order chi connectivity index (χ1) is 10.3. The molecule has 2 aliphatic rings. The first-order valence-corrected chi connectivity index (χ1v) is 8.21. The smallest absolute Gasteiger partial charge is 0.0871 e. The van der Waals surface area contributed by atoms with Gasteiger partial charge < -0.3 is 4.74 Å². The highest BCUT2D eigenvalue weighted by Crippen LogP contribution is 2.24. The Balaban J connectivity index is 1.66. The van der Waals surface area contributed by atoms with Gasteiger partial charge in [0.1, 0.15) is 0 Å². The van der Waals surface area contributed by atoms with E-state index in [0.717, 1.165) is 32.7 Å². The van der Waals surface area contributed by atoms with Gasteiger partial charge in [0.25, 0.3) is 0 Å². The van der Waals surface area contributed by atoms with Crippen LogP contribution in [0.3, 0.4) is 0 Å². The lowest BCUT2D eigenvalue weighted by Crippen LogP contribution is -2.54. The van der Waals surface area contributed by atoms with Crippen molar-refractivity contribution >= 4 is 0 Å². The van der Waals surface area contributed by atoms with Gasteiger partial charge in [0.05, 0.1) is 18.8 Å². The summed E-state index contributed by atoms with van der Waals surface area (Å²) in [6, 6.07) is 7.10. The maximum absolute atomic E-state index is 5.94.